The molecule has 0 aliphatic heterocycles. The summed E-state index contributed by atoms with van der Waals surface area (Å²) in [4.78, 5) is 0. The molecule has 68 valence electrons. The first kappa shape index (κ1) is 10.0. The molecule has 0 amide bonds. The molecule has 0 aromatic carbocycles. The third-order valence-electron chi connectivity index (χ3n) is 2.20. The fourth-order valence-corrected chi connectivity index (χ4v) is 1.94. The molecule has 0 unspecified atom stereocenters. The average molecular weight is 278 g/mol. The van der Waals surface area contributed by atoms with Crippen LogP contribution in [-0.2, 0) is 0 Å². The van der Waals surface area contributed by atoms with Gasteiger partial charge in [0.2, 0.25) is 0 Å². The van der Waals surface area contributed by atoms with Crippen LogP contribution in [-0.4, -0.2) is 7.99 Å². The molecule has 1 aromatic rings. The third kappa shape index (κ3) is 2.21. The van der Waals surface area contributed by atoms with Crippen molar-refractivity contribution in [2.45, 2.75) is 33.1 Å². The highest BCUT2D eigenvalue weighted by atomic mass is 127. The summed E-state index contributed by atoms with van der Waals surface area (Å²) in [5.41, 5.74) is 1.22. The molecule has 3 heteroatoms. The summed E-state index contributed by atoms with van der Waals surface area (Å²) in [6.07, 6.45) is 3.17. The molecule has 0 bridgehead atoms. The molecule has 1 aromatic heterocycles. The molecule has 0 N–H and O–H groups in total. The van der Waals surface area contributed by atoms with Gasteiger partial charge in [-0.25, -0.2) is 2.90 Å². The molecule has 0 radical (unpaired) electrons. The van der Waals surface area contributed by atoms with E-state index >= 15 is 0 Å². The molecular formula is C9H15IN2. The molecule has 1 atom stereocenters. The van der Waals surface area contributed by atoms with Crippen molar-refractivity contribution in [3.63, 3.8) is 0 Å². The predicted molar refractivity (Wildman–Crippen MR) is 59.5 cm³/mol. The van der Waals surface area contributed by atoms with Gasteiger partial charge >= 0.3 is 0 Å². The zero-order valence-electron chi connectivity index (χ0n) is 7.79. The molecule has 0 aliphatic carbocycles. The lowest BCUT2D eigenvalue weighted by Gasteiger charge is -2.15. The van der Waals surface area contributed by atoms with Crippen LogP contribution in [0.5, 0.6) is 0 Å². The van der Waals surface area contributed by atoms with E-state index in [2.05, 4.69) is 54.8 Å². The Labute approximate surface area is 87.8 Å². The number of aromatic nitrogens is 2. The average Bonchev–Trinajstić information content (AvgIpc) is 2.37. The molecular weight excluding hydrogens is 263 g/mol. The number of hydrogen-bond acceptors (Lipinski definition) is 1. The highest BCUT2D eigenvalue weighted by Gasteiger charge is 2.15. The first-order chi connectivity index (χ1) is 5.65. The smallest absolute Gasteiger partial charge is 0.0843 e. The number of hydrogen-bond donors (Lipinski definition) is 0. The molecule has 0 spiro atoms. The van der Waals surface area contributed by atoms with Crippen LogP contribution in [0.15, 0.2) is 12.3 Å². The van der Waals surface area contributed by atoms with E-state index in [-0.39, 0.29) is 0 Å². The second-order valence-electron chi connectivity index (χ2n) is 3.39. The summed E-state index contributed by atoms with van der Waals surface area (Å²) in [5, 5.41) is 4.41. The quantitative estimate of drug-likeness (QED) is 0.776. The van der Waals surface area contributed by atoms with Gasteiger partial charge < -0.3 is 0 Å². The van der Waals surface area contributed by atoms with Gasteiger partial charge in [0.25, 0.3) is 0 Å². The van der Waals surface area contributed by atoms with Crippen LogP contribution in [0.3, 0.4) is 0 Å². The summed E-state index contributed by atoms with van der Waals surface area (Å²) >= 11 is 2.18. The third-order valence-corrected chi connectivity index (χ3v) is 2.74. The highest BCUT2D eigenvalue weighted by Crippen LogP contribution is 2.26. The Morgan fingerprint density at radius 3 is 2.58 bits per heavy atom. The van der Waals surface area contributed by atoms with Crippen LogP contribution < -0.4 is 0 Å². The van der Waals surface area contributed by atoms with E-state index < -0.39 is 0 Å². The van der Waals surface area contributed by atoms with Gasteiger partial charge in [0.05, 0.1) is 28.6 Å². The van der Waals surface area contributed by atoms with Crippen LogP contribution in [0.1, 0.15) is 38.8 Å². The lowest BCUT2D eigenvalue weighted by atomic mass is 9.90. The van der Waals surface area contributed by atoms with Crippen molar-refractivity contribution >= 4 is 22.9 Å². The van der Waals surface area contributed by atoms with E-state index in [9.17, 15) is 0 Å². The zero-order valence-corrected chi connectivity index (χ0v) is 9.95. The standard InChI is InChI=1S/C9H15IN2/c1-4-8(7(2)3)9-5-6-12(10)11-9/h5-8H,4H2,1-3H3/t8-/m0/s1. The topological polar surface area (TPSA) is 17.8 Å². The molecule has 0 saturated heterocycles. The van der Waals surface area contributed by atoms with E-state index in [1.54, 1.807) is 0 Å². The Kier molecular flexibility index (Phi) is 3.55. The predicted octanol–water partition coefficient (Wildman–Crippen LogP) is 3.23. The summed E-state index contributed by atoms with van der Waals surface area (Å²) in [7, 11) is 0. The van der Waals surface area contributed by atoms with Crippen LogP contribution >= 0.6 is 22.9 Å². The monoisotopic (exact) mass is 278 g/mol. The Morgan fingerprint density at radius 1 is 1.58 bits per heavy atom. The van der Waals surface area contributed by atoms with Gasteiger partial charge in [0.15, 0.2) is 0 Å². The van der Waals surface area contributed by atoms with Gasteiger partial charge in [0, 0.05) is 12.1 Å². The maximum absolute atomic E-state index is 4.41. The van der Waals surface area contributed by atoms with Gasteiger partial charge in [0.1, 0.15) is 0 Å². The molecule has 0 fully saturated rings. The van der Waals surface area contributed by atoms with Gasteiger partial charge in [-0.05, 0) is 18.4 Å². The SMILES string of the molecule is CC[C@H](c1ccn(I)n1)C(C)C. The number of rotatable bonds is 3. The largest absolute Gasteiger partial charge is 0.211 e. The molecule has 0 saturated carbocycles. The van der Waals surface area contributed by atoms with E-state index in [4.69, 9.17) is 0 Å². The van der Waals surface area contributed by atoms with E-state index in [1.165, 1.54) is 12.1 Å². The van der Waals surface area contributed by atoms with Crippen LogP contribution in [0, 0.1) is 5.92 Å². The van der Waals surface area contributed by atoms with Gasteiger partial charge in [-0.15, -0.1) is 0 Å². The summed E-state index contributed by atoms with van der Waals surface area (Å²) in [5.74, 6) is 1.29. The zero-order chi connectivity index (χ0) is 9.14. The minimum Gasteiger partial charge on any atom is -0.211 e. The van der Waals surface area contributed by atoms with Gasteiger partial charge in [-0.3, -0.25) is 0 Å². The van der Waals surface area contributed by atoms with Crippen molar-refractivity contribution in [1.29, 1.82) is 0 Å². The van der Waals surface area contributed by atoms with Crippen LogP contribution in [0.4, 0.5) is 0 Å². The minimum atomic E-state index is 0.612. The van der Waals surface area contributed by atoms with Crippen molar-refractivity contribution in [3.8, 4) is 0 Å². The number of nitrogens with zero attached hydrogens (tertiary/aromatic N) is 2. The van der Waals surface area contributed by atoms with Crippen molar-refractivity contribution < 1.29 is 0 Å². The number of halogens is 1. The Bertz CT molecular complexity index is 242. The molecule has 2 nitrogen and oxygen atoms in total. The molecule has 1 heterocycles. The van der Waals surface area contributed by atoms with E-state index in [1.807, 2.05) is 9.09 Å². The Hall–Kier alpha value is -0.0600. The Morgan fingerprint density at radius 2 is 2.25 bits per heavy atom. The lowest BCUT2D eigenvalue weighted by molar-refractivity contribution is 0.474. The first-order valence-electron chi connectivity index (χ1n) is 4.36. The van der Waals surface area contributed by atoms with Gasteiger partial charge in [-0.1, -0.05) is 20.8 Å². The van der Waals surface area contributed by atoms with Crippen molar-refractivity contribution in [1.82, 2.24) is 7.99 Å². The van der Waals surface area contributed by atoms with E-state index in [0.29, 0.717) is 11.8 Å². The summed E-state index contributed by atoms with van der Waals surface area (Å²) in [6, 6.07) is 2.11. The minimum absolute atomic E-state index is 0.612. The summed E-state index contributed by atoms with van der Waals surface area (Å²) < 4.78 is 1.85. The normalized spacial score (nSPS) is 13.8. The second-order valence-corrected chi connectivity index (χ2v) is 4.38. The second kappa shape index (κ2) is 4.25. The maximum atomic E-state index is 4.41. The summed E-state index contributed by atoms with van der Waals surface area (Å²) in [6.45, 7) is 6.72. The highest BCUT2D eigenvalue weighted by molar-refractivity contribution is 14.1. The van der Waals surface area contributed by atoms with Gasteiger partial charge in [-0.2, -0.15) is 5.10 Å². The molecule has 0 aliphatic rings. The Balaban J connectivity index is 2.80. The van der Waals surface area contributed by atoms with Crippen LogP contribution in [0.2, 0.25) is 0 Å². The molecule has 1 rings (SSSR count). The van der Waals surface area contributed by atoms with E-state index in [0.717, 1.165) is 0 Å². The van der Waals surface area contributed by atoms with Crippen LogP contribution in [0.25, 0.3) is 0 Å². The fraction of sp³-hybridized carbons (Fsp3) is 0.667. The fourth-order valence-electron chi connectivity index (χ4n) is 1.53. The first-order valence-corrected chi connectivity index (χ1v) is 5.33. The lowest BCUT2D eigenvalue weighted by Crippen LogP contribution is -2.06. The van der Waals surface area contributed by atoms with Crippen molar-refractivity contribution in [2.75, 3.05) is 0 Å². The van der Waals surface area contributed by atoms with Crippen molar-refractivity contribution in [2.24, 2.45) is 5.92 Å². The maximum Gasteiger partial charge on any atom is 0.0843 e. The van der Waals surface area contributed by atoms with Crippen molar-refractivity contribution in [3.05, 3.63) is 18.0 Å². The molecule has 12 heavy (non-hydrogen) atoms.